The largest absolute Gasteiger partial charge is 0.465 e. The van der Waals surface area contributed by atoms with E-state index < -0.39 is 0 Å². The molecule has 1 aliphatic rings. The number of benzene rings is 3. The molecule has 4 rings (SSSR count). The zero-order chi connectivity index (χ0) is 19.5. The summed E-state index contributed by atoms with van der Waals surface area (Å²) in [4.78, 5) is 16.5. The van der Waals surface area contributed by atoms with Gasteiger partial charge in [-0.3, -0.25) is 0 Å². The van der Waals surface area contributed by atoms with Gasteiger partial charge in [0.1, 0.15) is 0 Å². The number of fused-ring (bicyclic) bond motifs is 2. The van der Waals surface area contributed by atoms with Crippen LogP contribution in [-0.4, -0.2) is 19.6 Å². The molecule has 0 N–H and O–H groups in total. The fourth-order valence-corrected chi connectivity index (χ4v) is 3.85. The molecule has 0 radical (unpaired) electrons. The van der Waals surface area contributed by atoms with Crippen LogP contribution in [0.15, 0.2) is 72.8 Å². The van der Waals surface area contributed by atoms with Gasteiger partial charge in [0.25, 0.3) is 0 Å². The standard InChI is InChI=1S/C24H24N2O2/c1-3-26-21-9-5-4-8-20(21)17-25(22-10-6-7-11-23(22)26)16-18-12-14-19(15-13-18)24(27)28-2/h4-15H,3,16-17H2,1-2H3. The summed E-state index contributed by atoms with van der Waals surface area (Å²) in [5, 5.41) is 0. The molecule has 0 unspecified atom stereocenters. The van der Waals surface area contributed by atoms with Crippen molar-refractivity contribution >= 4 is 23.0 Å². The molecule has 1 aliphatic heterocycles. The highest BCUT2D eigenvalue weighted by Crippen LogP contribution is 2.40. The van der Waals surface area contributed by atoms with Crippen LogP contribution in [0.5, 0.6) is 0 Å². The molecule has 0 aromatic heterocycles. The van der Waals surface area contributed by atoms with E-state index in [1.54, 1.807) is 0 Å². The van der Waals surface area contributed by atoms with E-state index in [4.69, 9.17) is 4.74 Å². The smallest absolute Gasteiger partial charge is 0.337 e. The first-order chi connectivity index (χ1) is 13.7. The van der Waals surface area contributed by atoms with Crippen LogP contribution >= 0.6 is 0 Å². The first-order valence-electron chi connectivity index (χ1n) is 9.58. The Morgan fingerprint density at radius 1 is 0.893 bits per heavy atom. The molecule has 28 heavy (non-hydrogen) atoms. The summed E-state index contributed by atoms with van der Waals surface area (Å²) in [6.45, 7) is 4.71. The van der Waals surface area contributed by atoms with Crippen molar-refractivity contribution in [3.63, 3.8) is 0 Å². The van der Waals surface area contributed by atoms with Crippen molar-refractivity contribution in [1.82, 2.24) is 0 Å². The molecule has 0 atom stereocenters. The number of nitrogens with zero attached hydrogens (tertiary/aromatic N) is 2. The molecule has 142 valence electrons. The second-order valence-corrected chi connectivity index (χ2v) is 6.91. The van der Waals surface area contributed by atoms with Crippen molar-refractivity contribution in [2.24, 2.45) is 0 Å². The summed E-state index contributed by atoms with van der Waals surface area (Å²) in [7, 11) is 1.40. The minimum atomic E-state index is -0.306. The van der Waals surface area contributed by atoms with Crippen LogP contribution in [0.3, 0.4) is 0 Å². The predicted molar refractivity (Wildman–Crippen MR) is 113 cm³/mol. The number of hydrogen-bond acceptors (Lipinski definition) is 4. The molecule has 0 fully saturated rings. The first kappa shape index (κ1) is 18.1. The van der Waals surface area contributed by atoms with Crippen LogP contribution in [0, 0.1) is 0 Å². The number of rotatable bonds is 4. The number of ether oxygens (including phenoxy) is 1. The van der Waals surface area contributed by atoms with Crippen LogP contribution in [0.25, 0.3) is 0 Å². The van der Waals surface area contributed by atoms with Crippen LogP contribution in [0.1, 0.15) is 28.4 Å². The van der Waals surface area contributed by atoms with Crippen molar-refractivity contribution in [1.29, 1.82) is 0 Å². The molecule has 0 amide bonds. The predicted octanol–water partition coefficient (Wildman–Crippen LogP) is 5.15. The lowest BCUT2D eigenvalue weighted by Crippen LogP contribution is -2.22. The molecule has 0 aliphatic carbocycles. The Morgan fingerprint density at radius 3 is 2.21 bits per heavy atom. The third-order valence-electron chi connectivity index (χ3n) is 5.22. The molecule has 0 saturated heterocycles. The Hall–Kier alpha value is -3.27. The molecule has 3 aromatic rings. The van der Waals surface area contributed by atoms with Crippen molar-refractivity contribution in [2.45, 2.75) is 20.0 Å². The lowest BCUT2D eigenvalue weighted by Gasteiger charge is -2.27. The van der Waals surface area contributed by atoms with Crippen LogP contribution < -0.4 is 9.80 Å². The highest BCUT2D eigenvalue weighted by molar-refractivity contribution is 5.89. The molecular weight excluding hydrogens is 348 g/mol. The van der Waals surface area contributed by atoms with Crippen molar-refractivity contribution in [3.05, 3.63) is 89.5 Å². The van der Waals surface area contributed by atoms with Gasteiger partial charge in [-0.2, -0.15) is 0 Å². The summed E-state index contributed by atoms with van der Waals surface area (Å²) in [5.41, 5.74) is 6.75. The average molecular weight is 372 g/mol. The molecule has 1 heterocycles. The maximum Gasteiger partial charge on any atom is 0.337 e. The van der Waals surface area contributed by atoms with Crippen LogP contribution in [0.2, 0.25) is 0 Å². The van der Waals surface area contributed by atoms with Crippen LogP contribution in [0.4, 0.5) is 17.1 Å². The second-order valence-electron chi connectivity index (χ2n) is 6.91. The Labute approximate surface area is 166 Å². The molecule has 0 saturated carbocycles. The van der Waals surface area contributed by atoms with E-state index in [1.807, 2.05) is 24.3 Å². The summed E-state index contributed by atoms with van der Waals surface area (Å²) in [6.07, 6.45) is 0. The summed E-state index contributed by atoms with van der Waals surface area (Å²) in [5.74, 6) is -0.306. The maximum absolute atomic E-state index is 11.7. The molecule has 4 nitrogen and oxygen atoms in total. The Kier molecular flexibility index (Phi) is 5.02. The summed E-state index contributed by atoms with van der Waals surface area (Å²) >= 11 is 0. The number of anilines is 3. The molecule has 3 aromatic carbocycles. The minimum absolute atomic E-state index is 0.306. The van der Waals surface area contributed by atoms with E-state index in [2.05, 4.69) is 65.3 Å². The SMILES string of the molecule is CCN1c2ccccc2CN(Cc2ccc(C(=O)OC)cc2)c2ccccc21. The summed E-state index contributed by atoms with van der Waals surface area (Å²) in [6, 6.07) is 24.8. The van der Waals surface area contributed by atoms with Gasteiger partial charge in [0, 0.05) is 25.3 Å². The number of para-hydroxylation sites is 3. The van der Waals surface area contributed by atoms with E-state index in [0.717, 1.165) is 25.2 Å². The number of methoxy groups -OCH3 is 1. The third-order valence-corrected chi connectivity index (χ3v) is 5.22. The molecule has 0 bridgehead atoms. The Morgan fingerprint density at radius 2 is 1.54 bits per heavy atom. The quantitative estimate of drug-likeness (QED) is 0.593. The number of carbonyl (C=O) groups is 1. The van der Waals surface area contributed by atoms with Gasteiger partial charge in [-0.05, 0) is 48.4 Å². The van der Waals surface area contributed by atoms with Gasteiger partial charge in [0.2, 0.25) is 0 Å². The first-order valence-corrected chi connectivity index (χ1v) is 9.58. The van der Waals surface area contributed by atoms with Gasteiger partial charge in [0.15, 0.2) is 0 Å². The highest BCUT2D eigenvalue weighted by atomic mass is 16.5. The zero-order valence-corrected chi connectivity index (χ0v) is 16.3. The fourth-order valence-electron chi connectivity index (χ4n) is 3.85. The average Bonchev–Trinajstić information content (AvgIpc) is 2.88. The third kappa shape index (κ3) is 3.33. The van der Waals surface area contributed by atoms with Crippen molar-refractivity contribution < 1.29 is 9.53 Å². The van der Waals surface area contributed by atoms with Gasteiger partial charge < -0.3 is 14.5 Å². The number of esters is 1. The fraction of sp³-hybridized carbons (Fsp3) is 0.208. The van der Waals surface area contributed by atoms with E-state index in [0.29, 0.717) is 5.56 Å². The minimum Gasteiger partial charge on any atom is -0.465 e. The number of carbonyl (C=O) groups excluding carboxylic acids is 1. The second kappa shape index (κ2) is 7.77. The molecule has 0 spiro atoms. The lowest BCUT2D eigenvalue weighted by atomic mass is 10.1. The van der Waals surface area contributed by atoms with Gasteiger partial charge >= 0.3 is 5.97 Å². The van der Waals surface area contributed by atoms with Gasteiger partial charge in [-0.1, -0.05) is 42.5 Å². The topological polar surface area (TPSA) is 32.8 Å². The highest BCUT2D eigenvalue weighted by Gasteiger charge is 2.23. The van der Waals surface area contributed by atoms with Crippen molar-refractivity contribution in [2.75, 3.05) is 23.5 Å². The Bertz CT molecular complexity index is 982. The van der Waals surface area contributed by atoms with E-state index in [9.17, 15) is 4.79 Å². The monoisotopic (exact) mass is 372 g/mol. The normalized spacial score (nSPS) is 12.8. The van der Waals surface area contributed by atoms with Gasteiger partial charge in [0.05, 0.1) is 24.0 Å². The van der Waals surface area contributed by atoms with Crippen LogP contribution in [-0.2, 0) is 17.8 Å². The van der Waals surface area contributed by atoms with E-state index in [-0.39, 0.29) is 5.97 Å². The number of hydrogen-bond donors (Lipinski definition) is 0. The van der Waals surface area contributed by atoms with E-state index >= 15 is 0 Å². The maximum atomic E-state index is 11.7. The molecule has 4 heteroatoms. The van der Waals surface area contributed by atoms with E-state index in [1.165, 1.54) is 29.7 Å². The Balaban J connectivity index is 1.71. The summed E-state index contributed by atoms with van der Waals surface area (Å²) < 4.78 is 4.80. The van der Waals surface area contributed by atoms with Crippen molar-refractivity contribution in [3.8, 4) is 0 Å². The van der Waals surface area contributed by atoms with Gasteiger partial charge in [-0.15, -0.1) is 0 Å². The van der Waals surface area contributed by atoms with Gasteiger partial charge in [-0.25, -0.2) is 4.79 Å². The zero-order valence-electron chi connectivity index (χ0n) is 16.3. The lowest BCUT2D eigenvalue weighted by molar-refractivity contribution is 0.0600. The molecular formula is C24H24N2O2.